The number of hydrogen-bond donors (Lipinski definition) is 2. The molecule has 24 heavy (non-hydrogen) atoms. The van der Waals surface area contributed by atoms with Crippen molar-refractivity contribution in [3.63, 3.8) is 0 Å². The molecule has 0 bridgehead atoms. The maximum atomic E-state index is 11.8. The fraction of sp³-hybridized carbons (Fsp3) is 0.500. The summed E-state index contributed by atoms with van der Waals surface area (Å²) in [6.45, 7) is 3.52. The highest BCUT2D eigenvalue weighted by atomic mass is 16.5. The monoisotopic (exact) mass is 332 g/mol. The van der Waals surface area contributed by atoms with Gasteiger partial charge >= 0.3 is 12.0 Å². The van der Waals surface area contributed by atoms with Crippen LogP contribution >= 0.6 is 0 Å². The van der Waals surface area contributed by atoms with Crippen LogP contribution in [-0.2, 0) is 9.53 Å². The minimum absolute atomic E-state index is 0.0849. The van der Waals surface area contributed by atoms with Crippen LogP contribution < -0.4 is 10.6 Å². The summed E-state index contributed by atoms with van der Waals surface area (Å²) in [5.41, 5.74) is 1.40. The third-order valence-electron chi connectivity index (χ3n) is 4.30. The molecule has 0 aliphatic heterocycles. The van der Waals surface area contributed by atoms with Crippen molar-refractivity contribution in [1.82, 2.24) is 10.6 Å². The van der Waals surface area contributed by atoms with E-state index >= 15 is 0 Å². The van der Waals surface area contributed by atoms with E-state index in [-0.39, 0.29) is 6.04 Å². The van der Waals surface area contributed by atoms with E-state index in [4.69, 9.17) is 4.74 Å². The van der Waals surface area contributed by atoms with E-state index < -0.39 is 24.5 Å². The second-order valence-electron chi connectivity index (χ2n) is 6.33. The molecule has 1 fully saturated rings. The Balaban J connectivity index is 1.73. The van der Waals surface area contributed by atoms with Gasteiger partial charge in [0.1, 0.15) is 0 Å². The lowest BCUT2D eigenvalue weighted by Crippen LogP contribution is -2.48. The van der Waals surface area contributed by atoms with Gasteiger partial charge < -0.3 is 10.1 Å². The summed E-state index contributed by atoms with van der Waals surface area (Å²) in [6, 6.07) is 6.39. The largest absolute Gasteiger partial charge is 0.452 e. The molecule has 2 atom stereocenters. The molecule has 0 spiro atoms. The lowest BCUT2D eigenvalue weighted by molar-refractivity contribution is -0.123. The van der Waals surface area contributed by atoms with Crippen molar-refractivity contribution in [2.24, 2.45) is 5.92 Å². The van der Waals surface area contributed by atoms with Crippen LogP contribution in [0, 0.1) is 12.8 Å². The first-order chi connectivity index (χ1) is 11.5. The zero-order valence-corrected chi connectivity index (χ0v) is 14.1. The number of benzene rings is 1. The van der Waals surface area contributed by atoms with Crippen molar-refractivity contribution < 1.29 is 19.1 Å². The van der Waals surface area contributed by atoms with Crippen LogP contribution in [0.25, 0.3) is 0 Å². The first-order valence-corrected chi connectivity index (χ1v) is 8.30. The van der Waals surface area contributed by atoms with Gasteiger partial charge in [0, 0.05) is 6.04 Å². The maximum Gasteiger partial charge on any atom is 0.338 e. The molecule has 0 saturated heterocycles. The Kier molecular flexibility index (Phi) is 6.35. The summed E-state index contributed by atoms with van der Waals surface area (Å²) in [4.78, 5) is 35.4. The van der Waals surface area contributed by atoms with Gasteiger partial charge in [-0.15, -0.1) is 0 Å². The molecular formula is C18H24N2O4. The van der Waals surface area contributed by atoms with E-state index in [1.165, 1.54) is 6.42 Å². The summed E-state index contributed by atoms with van der Waals surface area (Å²) in [5, 5.41) is 5.01. The number of carbonyl (C=O) groups is 3. The van der Waals surface area contributed by atoms with Crippen molar-refractivity contribution in [2.45, 2.75) is 45.6 Å². The van der Waals surface area contributed by atoms with Crippen molar-refractivity contribution in [3.8, 4) is 0 Å². The number of ether oxygens (including phenoxy) is 1. The number of urea groups is 1. The number of esters is 1. The van der Waals surface area contributed by atoms with Gasteiger partial charge in [-0.1, -0.05) is 37.5 Å². The second kappa shape index (κ2) is 8.47. The molecule has 1 aromatic rings. The van der Waals surface area contributed by atoms with Crippen LogP contribution in [0.2, 0.25) is 0 Å². The third-order valence-corrected chi connectivity index (χ3v) is 4.30. The molecule has 0 radical (unpaired) electrons. The van der Waals surface area contributed by atoms with E-state index in [1.807, 2.05) is 6.92 Å². The van der Waals surface area contributed by atoms with E-state index in [0.29, 0.717) is 11.5 Å². The number of amides is 3. The van der Waals surface area contributed by atoms with Gasteiger partial charge in [0.15, 0.2) is 6.61 Å². The van der Waals surface area contributed by atoms with Gasteiger partial charge in [-0.25, -0.2) is 9.59 Å². The van der Waals surface area contributed by atoms with Crippen LogP contribution in [-0.4, -0.2) is 30.6 Å². The SMILES string of the molecule is Cc1ccc(C(=O)OCC(=O)NC(=O)N[C@H]2CCCC[C@H]2C)cc1. The Morgan fingerprint density at radius 2 is 1.79 bits per heavy atom. The highest BCUT2D eigenvalue weighted by molar-refractivity contribution is 5.97. The zero-order valence-electron chi connectivity index (χ0n) is 14.1. The molecular weight excluding hydrogens is 308 g/mol. The summed E-state index contributed by atoms with van der Waals surface area (Å²) in [5.74, 6) is -0.832. The van der Waals surface area contributed by atoms with Crippen LogP contribution in [0.15, 0.2) is 24.3 Å². The number of aryl methyl sites for hydroxylation is 1. The average Bonchev–Trinajstić information content (AvgIpc) is 2.55. The maximum absolute atomic E-state index is 11.8. The minimum atomic E-state index is -0.642. The molecule has 6 nitrogen and oxygen atoms in total. The lowest BCUT2D eigenvalue weighted by Gasteiger charge is -2.29. The van der Waals surface area contributed by atoms with E-state index in [9.17, 15) is 14.4 Å². The predicted molar refractivity (Wildman–Crippen MR) is 89.6 cm³/mol. The summed E-state index contributed by atoms with van der Waals surface area (Å²) < 4.78 is 4.91. The Labute approximate surface area is 142 Å². The quantitative estimate of drug-likeness (QED) is 0.830. The zero-order chi connectivity index (χ0) is 17.5. The fourth-order valence-electron chi connectivity index (χ4n) is 2.80. The van der Waals surface area contributed by atoms with Crippen LogP contribution in [0.4, 0.5) is 4.79 Å². The molecule has 130 valence electrons. The van der Waals surface area contributed by atoms with Gasteiger partial charge in [0.05, 0.1) is 5.56 Å². The number of imide groups is 1. The molecule has 0 heterocycles. The first kappa shape index (κ1) is 18.0. The molecule has 0 unspecified atom stereocenters. The Hall–Kier alpha value is -2.37. The van der Waals surface area contributed by atoms with E-state index in [0.717, 1.165) is 24.8 Å². The van der Waals surface area contributed by atoms with Gasteiger partial charge in [-0.05, 0) is 37.8 Å². The first-order valence-electron chi connectivity index (χ1n) is 8.30. The van der Waals surface area contributed by atoms with Crippen LogP contribution in [0.3, 0.4) is 0 Å². The molecule has 1 aliphatic rings. The lowest BCUT2D eigenvalue weighted by atomic mass is 9.86. The van der Waals surface area contributed by atoms with Gasteiger partial charge in [0.2, 0.25) is 0 Å². The molecule has 1 aliphatic carbocycles. The summed E-state index contributed by atoms with van der Waals surface area (Å²) >= 11 is 0. The summed E-state index contributed by atoms with van der Waals surface area (Å²) in [7, 11) is 0. The van der Waals surface area contributed by atoms with Gasteiger partial charge in [-0.3, -0.25) is 10.1 Å². The standard InChI is InChI=1S/C18H24N2O4/c1-12-7-9-14(10-8-12)17(22)24-11-16(21)20-18(23)19-15-6-4-3-5-13(15)2/h7-10,13,15H,3-6,11H2,1-2H3,(H2,19,20,21,23)/t13-,15+/m1/s1. The Morgan fingerprint density at radius 1 is 1.12 bits per heavy atom. The molecule has 3 amide bonds. The fourth-order valence-corrected chi connectivity index (χ4v) is 2.80. The van der Waals surface area contributed by atoms with Crippen LogP contribution in [0.1, 0.15) is 48.5 Å². The topological polar surface area (TPSA) is 84.5 Å². The van der Waals surface area contributed by atoms with Gasteiger partial charge in [-0.2, -0.15) is 0 Å². The number of hydrogen-bond acceptors (Lipinski definition) is 4. The number of rotatable bonds is 4. The molecule has 6 heteroatoms. The second-order valence-corrected chi connectivity index (χ2v) is 6.33. The number of nitrogens with one attached hydrogen (secondary N) is 2. The van der Waals surface area contributed by atoms with Crippen molar-refractivity contribution >= 4 is 17.9 Å². The van der Waals surface area contributed by atoms with Crippen molar-refractivity contribution in [1.29, 1.82) is 0 Å². The molecule has 2 rings (SSSR count). The molecule has 1 saturated carbocycles. The number of carbonyl (C=O) groups excluding carboxylic acids is 3. The molecule has 2 N–H and O–H groups in total. The van der Waals surface area contributed by atoms with E-state index in [1.54, 1.807) is 24.3 Å². The highest BCUT2D eigenvalue weighted by Gasteiger charge is 2.23. The van der Waals surface area contributed by atoms with Crippen molar-refractivity contribution in [3.05, 3.63) is 35.4 Å². The van der Waals surface area contributed by atoms with E-state index in [2.05, 4.69) is 17.6 Å². The highest BCUT2D eigenvalue weighted by Crippen LogP contribution is 2.23. The normalized spacial score (nSPS) is 20.1. The van der Waals surface area contributed by atoms with Crippen molar-refractivity contribution in [2.75, 3.05) is 6.61 Å². The summed E-state index contributed by atoms with van der Waals surface area (Å²) in [6.07, 6.45) is 4.25. The predicted octanol–water partition coefficient (Wildman–Crippen LogP) is 2.56. The average molecular weight is 332 g/mol. The van der Waals surface area contributed by atoms with Crippen LogP contribution in [0.5, 0.6) is 0 Å². The minimum Gasteiger partial charge on any atom is -0.452 e. The smallest absolute Gasteiger partial charge is 0.338 e. The molecule has 1 aromatic carbocycles. The third kappa shape index (κ3) is 5.37. The van der Waals surface area contributed by atoms with Gasteiger partial charge in [0.25, 0.3) is 5.91 Å². The molecule has 0 aromatic heterocycles. The Bertz CT molecular complexity index is 598. The Morgan fingerprint density at radius 3 is 2.46 bits per heavy atom.